The van der Waals surface area contributed by atoms with E-state index >= 15 is 0 Å². The number of rotatable bonds is 2. The fourth-order valence-corrected chi connectivity index (χ4v) is 2.22. The third-order valence-corrected chi connectivity index (χ3v) is 3.22. The molecule has 0 amide bonds. The van der Waals surface area contributed by atoms with E-state index in [1.54, 1.807) is 24.4 Å². The zero-order valence-electron chi connectivity index (χ0n) is 9.88. The number of fused-ring (bicyclic) bond motifs is 1. The summed E-state index contributed by atoms with van der Waals surface area (Å²) in [6, 6.07) is 14.6. The molecule has 3 rings (SSSR count). The van der Waals surface area contributed by atoms with E-state index in [1.807, 2.05) is 30.3 Å². The summed E-state index contributed by atoms with van der Waals surface area (Å²) in [5, 5.41) is 10.4. The highest BCUT2D eigenvalue weighted by Crippen LogP contribution is 2.29. The highest BCUT2D eigenvalue weighted by molar-refractivity contribution is 9.10. The number of benzene rings is 2. The lowest BCUT2D eigenvalue weighted by molar-refractivity contribution is 0.479. The normalized spacial score (nSPS) is 10.6. The summed E-state index contributed by atoms with van der Waals surface area (Å²) >= 11 is 3.40. The van der Waals surface area contributed by atoms with E-state index in [9.17, 15) is 5.11 Å². The minimum atomic E-state index is 0.221. The predicted molar refractivity (Wildman–Crippen MR) is 77.6 cm³/mol. The molecule has 0 unspecified atom stereocenters. The maximum Gasteiger partial charge on any atom is 0.129 e. The molecule has 0 aliphatic carbocycles. The van der Waals surface area contributed by atoms with Crippen molar-refractivity contribution in [2.75, 3.05) is 0 Å². The van der Waals surface area contributed by atoms with Crippen LogP contribution in [0.15, 0.2) is 59.2 Å². The first-order valence-corrected chi connectivity index (χ1v) is 6.53. The van der Waals surface area contributed by atoms with Crippen LogP contribution in [-0.4, -0.2) is 10.1 Å². The first-order valence-electron chi connectivity index (χ1n) is 5.73. The smallest absolute Gasteiger partial charge is 0.129 e. The van der Waals surface area contributed by atoms with Crippen LogP contribution in [0.4, 0.5) is 0 Å². The third-order valence-electron chi connectivity index (χ3n) is 2.72. The molecule has 0 atom stereocenters. The van der Waals surface area contributed by atoms with Gasteiger partial charge in [0.25, 0.3) is 0 Å². The molecule has 0 bridgehead atoms. The Kier molecular flexibility index (Phi) is 3.09. The summed E-state index contributed by atoms with van der Waals surface area (Å²) in [7, 11) is 0. The Labute approximate surface area is 118 Å². The van der Waals surface area contributed by atoms with Crippen LogP contribution in [-0.2, 0) is 0 Å². The number of aromatic nitrogens is 1. The second kappa shape index (κ2) is 4.90. The zero-order valence-corrected chi connectivity index (χ0v) is 11.5. The molecule has 0 spiro atoms. The Morgan fingerprint density at radius 2 is 1.84 bits per heavy atom. The Morgan fingerprint density at radius 3 is 2.68 bits per heavy atom. The summed E-state index contributed by atoms with van der Waals surface area (Å²) < 4.78 is 6.72. The number of halogens is 1. The van der Waals surface area contributed by atoms with Gasteiger partial charge in [-0.3, -0.25) is 4.98 Å². The van der Waals surface area contributed by atoms with Gasteiger partial charge in [-0.05, 0) is 36.4 Å². The van der Waals surface area contributed by atoms with Gasteiger partial charge in [0.15, 0.2) is 0 Å². The van der Waals surface area contributed by atoms with Crippen molar-refractivity contribution in [1.29, 1.82) is 0 Å². The first kappa shape index (κ1) is 12.0. The maximum atomic E-state index is 9.70. The van der Waals surface area contributed by atoms with Gasteiger partial charge >= 0.3 is 0 Å². The molecule has 4 heteroatoms. The molecule has 0 fully saturated rings. The Balaban J connectivity index is 1.98. The number of nitrogens with zero attached hydrogens (tertiary/aromatic N) is 1. The molecule has 3 aromatic rings. The van der Waals surface area contributed by atoms with Gasteiger partial charge in [0.1, 0.15) is 17.2 Å². The number of pyridine rings is 1. The molecule has 0 aliphatic rings. The highest BCUT2D eigenvalue weighted by atomic mass is 79.9. The molecule has 1 aromatic heterocycles. The summed E-state index contributed by atoms with van der Waals surface area (Å²) in [6.45, 7) is 0. The zero-order chi connectivity index (χ0) is 13.2. The molecule has 3 nitrogen and oxygen atoms in total. The topological polar surface area (TPSA) is 42.4 Å². The second-order valence-corrected chi connectivity index (χ2v) is 4.98. The molecule has 94 valence electrons. The molecule has 1 heterocycles. The quantitative estimate of drug-likeness (QED) is 0.757. The number of hydrogen-bond donors (Lipinski definition) is 1. The van der Waals surface area contributed by atoms with Crippen molar-refractivity contribution in [3.05, 3.63) is 59.2 Å². The van der Waals surface area contributed by atoms with Gasteiger partial charge in [0.05, 0.1) is 5.52 Å². The van der Waals surface area contributed by atoms with Gasteiger partial charge in [-0.2, -0.15) is 0 Å². The van der Waals surface area contributed by atoms with Gasteiger partial charge < -0.3 is 9.84 Å². The van der Waals surface area contributed by atoms with Crippen LogP contribution in [0.1, 0.15) is 0 Å². The van der Waals surface area contributed by atoms with Crippen LogP contribution in [0.3, 0.4) is 0 Å². The Morgan fingerprint density at radius 1 is 1.00 bits per heavy atom. The van der Waals surface area contributed by atoms with E-state index in [-0.39, 0.29) is 5.75 Å². The monoisotopic (exact) mass is 315 g/mol. The van der Waals surface area contributed by atoms with Crippen LogP contribution < -0.4 is 4.74 Å². The molecule has 0 saturated heterocycles. The lowest BCUT2D eigenvalue weighted by Gasteiger charge is -2.07. The molecular weight excluding hydrogens is 306 g/mol. The summed E-state index contributed by atoms with van der Waals surface area (Å²) in [6.07, 6.45) is 1.57. The van der Waals surface area contributed by atoms with E-state index in [1.165, 1.54) is 0 Å². The van der Waals surface area contributed by atoms with Crippen molar-refractivity contribution < 1.29 is 9.84 Å². The largest absolute Gasteiger partial charge is 0.507 e. The summed E-state index contributed by atoms with van der Waals surface area (Å²) in [5.74, 6) is 1.65. The average molecular weight is 316 g/mol. The van der Waals surface area contributed by atoms with Crippen molar-refractivity contribution in [3.8, 4) is 17.2 Å². The maximum absolute atomic E-state index is 9.70. The van der Waals surface area contributed by atoms with Crippen LogP contribution in [0.5, 0.6) is 17.2 Å². The van der Waals surface area contributed by atoms with Gasteiger partial charge in [-0.1, -0.05) is 22.0 Å². The lowest BCUT2D eigenvalue weighted by atomic mass is 10.2. The standard InChI is InChI=1S/C15H10BrNO2/c16-10-2-1-3-11(8-10)19-12-4-5-13-14(9-12)17-7-6-15(13)18/h1-9H,(H,17,18). The fourth-order valence-electron chi connectivity index (χ4n) is 1.84. The van der Waals surface area contributed by atoms with Crippen molar-refractivity contribution in [2.24, 2.45) is 0 Å². The molecule has 1 N–H and O–H groups in total. The fraction of sp³-hybridized carbons (Fsp3) is 0. The first-order chi connectivity index (χ1) is 9.22. The van der Waals surface area contributed by atoms with Crippen molar-refractivity contribution in [1.82, 2.24) is 4.98 Å². The second-order valence-electron chi connectivity index (χ2n) is 4.07. The molecular formula is C15H10BrNO2. The molecule has 0 radical (unpaired) electrons. The Bertz CT molecular complexity index is 743. The molecule has 19 heavy (non-hydrogen) atoms. The van der Waals surface area contributed by atoms with E-state index < -0.39 is 0 Å². The predicted octanol–water partition coefficient (Wildman–Crippen LogP) is 4.50. The number of hydrogen-bond acceptors (Lipinski definition) is 3. The summed E-state index contributed by atoms with van der Waals surface area (Å²) in [4.78, 5) is 4.21. The van der Waals surface area contributed by atoms with Gasteiger partial charge in [0, 0.05) is 22.1 Å². The molecule has 0 saturated carbocycles. The summed E-state index contributed by atoms with van der Waals surface area (Å²) in [5.41, 5.74) is 0.701. The van der Waals surface area contributed by atoms with E-state index in [0.29, 0.717) is 16.7 Å². The van der Waals surface area contributed by atoms with Crippen LogP contribution in [0, 0.1) is 0 Å². The average Bonchev–Trinajstić information content (AvgIpc) is 2.39. The van der Waals surface area contributed by atoms with Crippen LogP contribution in [0.2, 0.25) is 0 Å². The highest BCUT2D eigenvalue weighted by Gasteiger charge is 2.03. The molecule has 2 aromatic carbocycles. The van der Waals surface area contributed by atoms with Crippen LogP contribution >= 0.6 is 15.9 Å². The van der Waals surface area contributed by atoms with Gasteiger partial charge in [-0.15, -0.1) is 0 Å². The van der Waals surface area contributed by atoms with Crippen molar-refractivity contribution in [2.45, 2.75) is 0 Å². The van der Waals surface area contributed by atoms with Crippen molar-refractivity contribution in [3.63, 3.8) is 0 Å². The minimum absolute atomic E-state index is 0.221. The SMILES string of the molecule is Oc1ccnc2cc(Oc3cccc(Br)c3)ccc12. The number of aromatic hydroxyl groups is 1. The van der Waals surface area contributed by atoms with E-state index in [0.717, 1.165) is 10.2 Å². The van der Waals surface area contributed by atoms with Crippen LogP contribution in [0.25, 0.3) is 10.9 Å². The lowest BCUT2D eigenvalue weighted by Crippen LogP contribution is -1.85. The molecule has 0 aliphatic heterocycles. The van der Waals surface area contributed by atoms with Crippen molar-refractivity contribution >= 4 is 26.8 Å². The Hall–Kier alpha value is -2.07. The van der Waals surface area contributed by atoms with E-state index in [4.69, 9.17) is 4.74 Å². The minimum Gasteiger partial charge on any atom is -0.507 e. The van der Waals surface area contributed by atoms with Gasteiger partial charge in [0.2, 0.25) is 0 Å². The number of ether oxygens (including phenoxy) is 1. The van der Waals surface area contributed by atoms with E-state index in [2.05, 4.69) is 20.9 Å². The van der Waals surface area contributed by atoms with Gasteiger partial charge in [-0.25, -0.2) is 0 Å². The third kappa shape index (κ3) is 2.53.